The summed E-state index contributed by atoms with van der Waals surface area (Å²) < 4.78 is 1.06. The normalized spacial score (nSPS) is 10.7. The molecule has 0 fully saturated rings. The molecule has 2 rings (SSSR count). The van der Waals surface area contributed by atoms with Gasteiger partial charge in [0.15, 0.2) is 5.82 Å². The summed E-state index contributed by atoms with van der Waals surface area (Å²) in [6, 6.07) is 2.00. The monoisotopic (exact) mass is 333 g/mol. The topological polar surface area (TPSA) is 78.9 Å². The lowest BCUT2D eigenvalue weighted by atomic mass is 10.3. The number of halogens is 1. The highest BCUT2D eigenvalue weighted by atomic mass is 79.9. The number of aliphatic carboxylic acids is 1. The van der Waals surface area contributed by atoms with E-state index < -0.39 is 5.97 Å². The maximum absolute atomic E-state index is 10.4. The Kier molecular flexibility index (Phi) is 3.85. The molecular formula is C9H8BrN3O2S2. The van der Waals surface area contributed by atoms with Crippen LogP contribution >= 0.6 is 39.0 Å². The van der Waals surface area contributed by atoms with Crippen molar-refractivity contribution >= 4 is 45.0 Å². The number of thioether (sulfide) groups is 1. The standard InChI is InChI=1S/C9H8BrN3O2S2/c1-4-2-5(17-7(4)10)8-11-9(13-12-8)16-3-6(14)15/h2H,3H2,1H3,(H,14,15)(H,11,12,13). The van der Waals surface area contributed by atoms with Crippen LogP contribution in [0.4, 0.5) is 0 Å². The van der Waals surface area contributed by atoms with Gasteiger partial charge in [0.25, 0.3) is 0 Å². The van der Waals surface area contributed by atoms with Crippen molar-refractivity contribution in [1.29, 1.82) is 0 Å². The van der Waals surface area contributed by atoms with Gasteiger partial charge in [-0.15, -0.1) is 16.4 Å². The first-order valence-corrected chi connectivity index (χ1v) is 7.19. The quantitative estimate of drug-likeness (QED) is 0.841. The Balaban J connectivity index is 2.15. The summed E-state index contributed by atoms with van der Waals surface area (Å²) >= 11 is 6.10. The number of hydrogen-bond donors (Lipinski definition) is 2. The second kappa shape index (κ2) is 5.19. The predicted octanol–water partition coefficient (Wildman–Crippen LogP) is 2.78. The van der Waals surface area contributed by atoms with E-state index in [0.717, 1.165) is 26.0 Å². The molecule has 0 radical (unpaired) electrons. The summed E-state index contributed by atoms with van der Waals surface area (Å²) in [6.07, 6.45) is 0. The van der Waals surface area contributed by atoms with E-state index in [1.54, 1.807) is 11.3 Å². The molecule has 17 heavy (non-hydrogen) atoms. The average molecular weight is 334 g/mol. The van der Waals surface area contributed by atoms with Gasteiger partial charge in [-0.25, -0.2) is 4.98 Å². The van der Waals surface area contributed by atoms with Gasteiger partial charge in [-0.1, -0.05) is 11.8 Å². The first kappa shape index (κ1) is 12.6. The fourth-order valence-electron chi connectivity index (χ4n) is 1.12. The first-order valence-electron chi connectivity index (χ1n) is 4.59. The summed E-state index contributed by atoms with van der Waals surface area (Å²) in [6.45, 7) is 2.00. The van der Waals surface area contributed by atoms with Crippen LogP contribution < -0.4 is 0 Å². The Morgan fingerprint density at radius 2 is 2.47 bits per heavy atom. The highest BCUT2D eigenvalue weighted by Gasteiger charge is 2.11. The van der Waals surface area contributed by atoms with Gasteiger partial charge in [-0.3, -0.25) is 9.89 Å². The molecule has 0 amide bonds. The Hall–Kier alpha value is -0.860. The van der Waals surface area contributed by atoms with Crippen molar-refractivity contribution in [2.75, 3.05) is 5.75 Å². The largest absolute Gasteiger partial charge is 0.481 e. The van der Waals surface area contributed by atoms with Gasteiger partial charge >= 0.3 is 5.97 Å². The number of aromatic amines is 1. The molecule has 0 unspecified atom stereocenters. The van der Waals surface area contributed by atoms with Gasteiger partial charge in [-0.2, -0.15) is 0 Å². The number of aryl methyl sites for hydroxylation is 1. The SMILES string of the molecule is Cc1cc(-c2nc(SCC(=O)O)n[nH]2)sc1Br. The maximum Gasteiger partial charge on any atom is 0.313 e. The van der Waals surface area contributed by atoms with Crippen LogP contribution in [0, 0.1) is 6.92 Å². The van der Waals surface area contributed by atoms with Gasteiger partial charge in [0.05, 0.1) is 14.4 Å². The van der Waals surface area contributed by atoms with Crippen LogP contribution in [0.1, 0.15) is 5.56 Å². The molecule has 90 valence electrons. The van der Waals surface area contributed by atoms with Crippen molar-refractivity contribution < 1.29 is 9.90 Å². The number of H-pyrrole nitrogens is 1. The van der Waals surface area contributed by atoms with Crippen LogP contribution in [-0.2, 0) is 4.79 Å². The number of carboxylic acid groups (broad SMARTS) is 1. The molecule has 0 aromatic carbocycles. The number of thiophene rings is 1. The van der Waals surface area contributed by atoms with Crippen molar-refractivity contribution in [3.05, 3.63) is 15.4 Å². The van der Waals surface area contributed by atoms with E-state index in [1.807, 2.05) is 13.0 Å². The average Bonchev–Trinajstić information content (AvgIpc) is 2.84. The number of carbonyl (C=O) groups is 1. The third kappa shape index (κ3) is 3.08. The molecule has 2 N–H and O–H groups in total. The second-order valence-electron chi connectivity index (χ2n) is 3.22. The van der Waals surface area contributed by atoms with Crippen LogP contribution in [0.3, 0.4) is 0 Å². The third-order valence-electron chi connectivity index (χ3n) is 1.88. The van der Waals surface area contributed by atoms with Crippen molar-refractivity contribution in [2.24, 2.45) is 0 Å². The molecule has 0 aliphatic heterocycles. The fraction of sp³-hybridized carbons (Fsp3) is 0.222. The van der Waals surface area contributed by atoms with Crippen molar-refractivity contribution in [3.63, 3.8) is 0 Å². The highest BCUT2D eigenvalue weighted by molar-refractivity contribution is 9.11. The van der Waals surface area contributed by atoms with Gasteiger partial charge in [0.2, 0.25) is 5.16 Å². The number of carboxylic acids is 1. The summed E-state index contributed by atoms with van der Waals surface area (Å²) in [5.74, 6) is -0.252. The third-order valence-corrected chi connectivity index (χ3v) is 4.86. The summed E-state index contributed by atoms with van der Waals surface area (Å²) in [7, 11) is 0. The smallest absolute Gasteiger partial charge is 0.313 e. The Bertz CT molecular complexity index is 533. The number of nitrogens with zero attached hydrogens (tertiary/aromatic N) is 2. The van der Waals surface area contributed by atoms with Crippen LogP contribution in [0.15, 0.2) is 15.0 Å². The van der Waals surface area contributed by atoms with Gasteiger partial charge in [0.1, 0.15) is 0 Å². The zero-order chi connectivity index (χ0) is 12.4. The zero-order valence-corrected chi connectivity index (χ0v) is 11.9. The molecule has 2 heterocycles. The van der Waals surface area contributed by atoms with Gasteiger partial charge in [0, 0.05) is 0 Å². The molecule has 2 aromatic rings. The predicted molar refractivity (Wildman–Crippen MR) is 70.5 cm³/mol. The van der Waals surface area contributed by atoms with Crippen molar-refractivity contribution in [2.45, 2.75) is 12.1 Å². The van der Waals surface area contributed by atoms with Crippen molar-refractivity contribution in [3.8, 4) is 10.7 Å². The Morgan fingerprint density at radius 1 is 1.71 bits per heavy atom. The van der Waals surface area contributed by atoms with Gasteiger partial charge in [-0.05, 0) is 34.5 Å². The van der Waals surface area contributed by atoms with Gasteiger partial charge < -0.3 is 5.11 Å². The molecule has 0 aliphatic carbocycles. The molecule has 5 nitrogen and oxygen atoms in total. The van der Waals surface area contributed by atoms with E-state index in [4.69, 9.17) is 5.11 Å². The van der Waals surface area contributed by atoms with Crippen LogP contribution in [0.2, 0.25) is 0 Å². The van der Waals surface area contributed by atoms with E-state index in [-0.39, 0.29) is 5.75 Å². The lowest BCUT2D eigenvalue weighted by Gasteiger charge is -1.88. The lowest BCUT2D eigenvalue weighted by molar-refractivity contribution is -0.133. The molecule has 8 heteroatoms. The van der Waals surface area contributed by atoms with Crippen LogP contribution in [0.5, 0.6) is 0 Å². The molecule has 0 bridgehead atoms. The minimum Gasteiger partial charge on any atom is -0.481 e. The minimum atomic E-state index is -0.879. The summed E-state index contributed by atoms with van der Waals surface area (Å²) in [4.78, 5) is 15.6. The highest BCUT2D eigenvalue weighted by Crippen LogP contribution is 2.33. The fourth-order valence-corrected chi connectivity index (χ4v) is 3.12. The number of aromatic nitrogens is 3. The van der Waals surface area contributed by atoms with Crippen LogP contribution in [0.25, 0.3) is 10.7 Å². The van der Waals surface area contributed by atoms with E-state index >= 15 is 0 Å². The number of hydrogen-bond acceptors (Lipinski definition) is 5. The summed E-state index contributed by atoms with van der Waals surface area (Å²) in [5.41, 5.74) is 1.14. The molecule has 0 atom stereocenters. The minimum absolute atomic E-state index is 0.0372. The van der Waals surface area contributed by atoms with E-state index in [1.165, 1.54) is 0 Å². The molecule has 0 spiro atoms. The van der Waals surface area contributed by atoms with E-state index in [0.29, 0.717) is 11.0 Å². The molecule has 0 saturated heterocycles. The maximum atomic E-state index is 10.4. The molecule has 2 aromatic heterocycles. The number of rotatable bonds is 4. The van der Waals surface area contributed by atoms with E-state index in [2.05, 4.69) is 31.1 Å². The Labute approximate surface area is 114 Å². The van der Waals surface area contributed by atoms with E-state index in [9.17, 15) is 4.79 Å². The Morgan fingerprint density at radius 3 is 3.06 bits per heavy atom. The lowest BCUT2D eigenvalue weighted by Crippen LogP contribution is -1.97. The first-order chi connectivity index (χ1) is 8.06. The van der Waals surface area contributed by atoms with Crippen LogP contribution in [-0.4, -0.2) is 32.0 Å². The molecule has 0 aliphatic rings. The summed E-state index contributed by atoms with van der Waals surface area (Å²) in [5, 5.41) is 15.8. The second-order valence-corrected chi connectivity index (χ2v) is 6.53. The van der Waals surface area contributed by atoms with Crippen molar-refractivity contribution in [1.82, 2.24) is 15.2 Å². The zero-order valence-electron chi connectivity index (χ0n) is 8.73. The molecular weight excluding hydrogens is 326 g/mol. The molecule has 0 saturated carbocycles. The number of nitrogens with one attached hydrogen (secondary N) is 1.